The second kappa shape index (κ2) is 2.60. The molecular formula is C7H6F3NOS. The van der Waals surface area contributed by atoms with E-state index in [4.69, 9.17) is 0 Å². The maximum absolute atomic E-state index is 12.3. The molecule has 2 nitrogen and oxygen atoms in total. The fourth-order valence-corrected chi connectivity index (χ4v) is 2.67. The Labute approximate surface area is 74.8 Å². The van der Waals surface area contributed by atoms with Crippen LogP contribution in [0.1, 0.15) is 11.3 Å². The molecule has 6 heteroatoms. The summed E-state index contributed by atoms with van der Waals surface area (Å²) in [4.78, 5) is 0. The van der Waals surface area contributed by atoms with Crippen molar-refractivity contribution in [3.8, 4) is 0 Å². The standard InChI is InChI=1S/C7H6F3NOS/c8-7(9,10)5-1-2-11-4-13(12)3-6(5)11/h1-2H,3-4H2. The Hall–Kier alpha value is -0.780. The van der Waals surface area contributed by atoms with E-state index in [1.165, 1.54) is 10.8 Å². The molecule has 72 valence electrons. The van der Waals surface area contributed by atoms with Crippen LogP contribution in [-0.4, -0.2) is 8.78 Å². The number of halogens is 3. The van der Waals surface area contributed by atoms with Crippen LogP contribution in [0.2, 0.25) is 0 Å². The summed E-state index contributed by atoms with van der Waals surface area (Å²) < 4.78 is 49.2. The molecule has 1 atom stereocenters. The van der Waals surface area contributed by atoms with Crippen molar-refractivity contribution >= 4 is 10.8 Å². The molecule has 0 saturated heterocycles. The molecule has 0 aliphatic carbocycles. The molecule has 13 heavy (non-hydrogen) atoms. The summed E-state index contributed by atoms with van der Waals surface area (Å²) >= 11 is 0. The number of hydrogen-bond donors (Lipinski definition) is 0. The molecule has 1 aromatic rings. The molecule has 0 N–H and O–H groups in total. The summed E-state index contributed by atoms with van der Waals surface area (Å²) in [6.45, 7) is 0. The lowest BCUT2D eigenvalue weighted by Crippen LogP contribution is -2.07. The maximum atomic E-state index is 12.3. The Morgan fingerprint density at radius 2 is 2.15 bits per heavy atom. The van der Waals surface area contributed by atoms with Gasteiger partial charge in [0.25, 0.3) is 0 Å². The van der Waals surface area contributed by atoms with Crippen molar-refractivity contribution < 1.29 is 17.4 Å². The van der Waals surface area contributed by atoms with Crippen LogP contribution in [0.3, 0.4) is 0 Å². The summed E-state index contributed by atoms with van der Waals surface area (Å²) in [7, 11) is -1.17. The summed E-state index contributed by atoms with van der Waals surface area (Å²) in [5.74, 6) is 0.202. The maximum Gasteiger partial charge on any atom is 0.418 e. The molecule has 0 amide bonds. The second-order valence-corrected chi connectivity index (χ2v) is 4.28. The average Bonchev–Trinajstić information content (AvgIpc) is 2.41. The normalized spacial score (nSPS) is 21.9. The van der Waals surface area contributed by atoms with Crippen LogP contribution in [0, 0.1) is 0 Å². The van der Waals surface area contributed by atoms with Crippen molar-refractivity contribution in [2.75, 3.05) is 0 Å². The van der Waals surface area contributed by atoms with E-state index in [0.717, 1.165) is 6.07 Å². The van der Waals surface area contributed by atoms with E-state index in [-0.39, 0.29) is 17.3 Å². The topological polar surface area (TPSA) is 22.0 Å². The van der Waals surface area contributed by atoms with Crippen LogP contribution in [-0.2, 0) is 28.6 Å². The van der Waals surface area contributed by atoms with Crippen LogP contribution in [0.15, 0.2) is 12.3 Å². The zero-order chi connectivity index (χ0) is 9.64. The van der Waals surface area contributed by atoms with Crippen molar-refractivity contribution in [1.29, 1.82) is 0 Å². The van der Waals surface area contributed by atoms with Crippen LogP contribution >= 0.6 is 0 Å². The van der Waals surface area contributed by atoms with Gasteiger partial charge in [-0.2, -0.15) is 13.2 Å². The van der Waals surface area contributed by atoms with E-state index in [2.05, 4.69) is 0 Å². The van der Waals surface area contributed by atoms with E-state index < -0.39 is 22.5 Å². The number of alkyl halides is 3. The molecule has 2 rings (SSSR count). The first-order valence-corrected chi connectivity index (χ1v) is 5.07. The van der Waals surface area contributed by atoms with Gasteiger partial charge in [-0.3, -0.25) is 4.21 Å². The minimum Gasteiger partial charge on any atom is -0.338 e. The predicted octanol–water partition coefficient (Wildman–Crippen LogP) is 1.73. The lowest BCUT2D eigenvalue weighted by atomic mass is 10.2. The summed E-state index contributed by atoms with van der Waals surface area (Å²) in [5, 5.41) is 0. The van der Waals surface area contributed by atoms with E-state index in [1.807, 2.05) is 0 Å². The lowest BCUT2D eigenvalue weighted by Gasteiger charge is -2.05. The van der Waals surface area contributed by atoms with E-state index >= 15 is 0 Å². The monoisotopic (exact) mass is 209 g/mol. The largest absolute Gasteiger partial charge is 0.418 e. The van der Waals surface area contributed by atoms with Gasteiger partial charge in [0.2, 0.25) is 0 Å². The van der Waals surface area contributed by atoms with Gasteiger partial charge in [-0.25, -0.2) is 0 Å². The van der Waals surface area contributed by atoms with Crippen LogP contribution < -0.4 is 0 Å². The Bertz CT molecular complexity index is 368. The first-order chi connectivity index (χ1) is 5.98. The van der Waals surface area contributed by atoms with Gasteiger partial charge in [0.05, 0.1) is 17.2 Å². The van der Waals surface area contributed by atoms with Gasteiger partial charge in [-0.1, -0.05) is 0 Å². The molecule has 0 saturated carbocycles. The lowest BCUT2D eigenvalue weighted by molar-refractivity contribution is -0.138. The third-order valence-corrected chi connectivity index (χ3v) is 3.13. The highest BCUT2D eigenvalue weighted by Crippen LogP contribution is 2.35. The van der Waals surface area contributed by atoms with Gasteiger partial charge in [0.15, 0.2) is 0 Å². The first kappa shape index (κ1) is 8.80. The number of rotatable bonds is 0. The minimum atomic E-state index is -4.32. The molecule has 0 aromatic carbocycles. The van der Waals surface area contributed by atoms with Gasteiger partial charge < -0.3 is 4.57 Å². The van der Waals surface area contributed by atoms with Crippen molar-refractivity contribution in [2.24, 2.45) is 0 Å². The third kappa shape index (κ3) is 1.39. The van der Waals surface area contributed by atoms with Gasteiger partial charge in [0.1, 0.15) is 0 Å². The van der Waals surface area contributed by atoms with Crippen LogP contribution in [0.25, 0.3) is 0 Å². The Kier molecular flexibility index (Phi) is 1.76. The van der Waals surface area contributed by atoms with Crippen molar-refractivity contribution in [3.63, 3.8) is 0 Å². The Morgan fingerprint density at radius 1 is 1.46 bits per heavy atom. The smallest absolute Gasteiger partial charge is 0.338 e. The average molecular weight is 209 g/mol. The zero-order valence-corrected chi connectivity index (χ0v) is 7.28. The predicted molar refractivity (Wildman–Crippen MR) is 41.3 cm³/mol. The second-order valence-electron chi connectivity index (χ2n) is 2.86. The van der Waals surface area contributed by atoms with Crippen molar-refractivity contribution in [2.45, 2.75) is 17.8 Å². The Morgan fingerprint density at radius 3 is 2.77 bits per heavy atom. The molecule has 0 spiro atoms. The molecule has 0 radical (unpaired) electrons. The SMILES string of the molecule is O=S1Cc2c(C(F)(F)F)ccn2C1. The molecular weight excluding hydrogens is 203 g/mol. The van der Waals surface area contributed by atoms with Gasteiger partial charge in [0, 0.05) is 22.7 Å². The van der Waals surface area contributed by atoms with Gasteiger partial charge >= 0.3 is 6.18 Å². The molecule has 1 aliphatic rings. The number of hydrogen-bond acceptors (Lipinski definition) is 1. The summed E-state index contributed by atoms with van der Waals surface area (Å²) in [5.41, 5.74) is -0.510. The fraction of sp³-hybridized carbons (Fsp3) is 0.429. The van der Waals surface area contributed by atoms with Crippen LogP contribution in [0.4, 0.5) is 13.2 Å². The number of fused-ring (bicyclic) bond motifs is 1. The highest BCUT2D eigenvalue weighted by molar-refractivity contribution is 7.83. The highest BCUT2D eigenvalue weighted by atomic mass is 32.2. The van der Waals surface area contributed by atoms with Gasteiger partial charge in [-0.05, 0) is 6.07 Å². The number of aromatic nitrogens is 1. The summed E-state index contributed by atoms with van der Waals surface area (Å²) in [6, 6.07) is 1.03. The zero-order valence-electron chi connectivity index (χ0n) is 6.47. The molecule has 0 fully saturated rings. The number of nitrogens with zero attached hydrogens (tertiary/aromatic N) is 1. The molecule has 0 bridgehead atoms. The van der Waals surface area contributed by atoms with E-state index in [0.29, 0.717) is 0 Å². The van der Waals surface area contributed by atoms with Crippen LogP contribution in [0.5, 0.6) is 0 Å². The quantitative estimate of drug-likeness (QED) is 0.637. The van der Waals surface area contributed by atoms with Crippen molar-refractivity contribution in [3.05, 3.63) is 23.5 Å². The van der Waals surface area contributed by atoms with Crippen molar-refractivity contribution in [1.82, 2.24) is 4.57 Å². The fourth-order valence-electron chi connectivity index (χ4n) is 1.40. The third-order valence-electron chi connectivity index (χ3n) is 1.96. The van der Waals surface area contributed by atoms with E-state index in [9.17, 15) is 17.4 Å². The molecule has 1 unspecified atom stereocenters. The summed E-state index contributed by atoms with van der Waals surface area (Å²) in [6.07, 6.45) is -2.99. The first-order valence-electron chi connectivity index (χ1n) is 3.58. The molecule has 2 heterocycles. The highest BCUT2D eigenvalue weighted by Gasteiger charge is 2.37. The van der Waals surface area contributed by atoms with E-state index in [1.54, 1.807) is 0 Å². The van der Waals surface area contributed by atoms with Gasteiger partial charge in [-0.15, -0.1) is 0 Å². The minimum absolute atomic E-state index is 0.0157. The molecule has 1 aliphatic heterocycles. The molecule has 1 aromatic heterocycles. The Balaban J connectivity index is 2.47.